The first kappa shape index (κ1) is 12.4. The van der Waals surface area contributed by atoms with E-state index < -0.39 is 0 Å². The molecule has 0 heterocycles. The summed E-state index contributed by atoms with van der Waals surface area (Å²) in [5.74, 6) is -0.437. The van der Waals surface area contributed by atoms with Crippen molar-refractivity contribution in [1.82, 2.24) is 0 Å². The average Bonchev–Trinajstić information content (AvgIpc) is 2.40. The summed E-state index contributed by atoms with van der Waals surface area (Å²) in [7, 11) is 0. The van der Waals surface area contributed by atoms with Crippen LogP contribution in [0.15, 0.2) is 36.4 Å². The van der Waals surface area contributed by atoms with Gasteiger partial charge in [0.2, 0.25) is 0 Å². The molecular weight excluding hydrogens is 232 g/mol. The van der Waals surface area contributed by atoms with Crippen molar-refractivity contribution in [2.24, 2.45) is 0 Å². The van der Waals surface area contributed by atoms with Crippen LogP contribution in [0.4, 0.5) is 0 Å². The van der Waals surface area contributed by atoms with Crippen LogP contribution < -0.4 is 10.2 Å². The molecule has 0 aromatic heterocycles. The minimum Gasteiger partial charge on any atom is -0.872 e. The largest absolute Gasteiger partial charge is 0.872 e. The number of rotatable bonds is 3. The summed E-state index contributed by atoms with van der Waals surface area (Å²) in [5.41, 5.74) is 2.08. The molecule has 0 saturated heterocycles. The Bertz CT molecular complexity index is 512. The molecule has 0 aliphatic rings. The number of hydrogen-bond donors (Lipinski definition) is 2. The third-order valence-corrected chi connectivity index (χ3v) is 2.79. The highest BCUT2D eigenvalue weighted by molar-refractivity contribution is 5.67. The highest BCUT2D eigenvalue weighted by atomic mass is 16.3. The minimum atomic E-state index is -0.320. The Kier molecular flexibility index (Phi) is 3.50. The second kappa shape index (κ2) is 5.08. The zero-order valence-corrected chi connectivity index (χ0v) is 9.59. The molecule has 2 rings (SSSR count). The van der Waals surface area contributed by atoms with Crippen LogP contribution in [0.3, 0.4) is 0 Å². The Balaban J connectivity index is 2.48. The smallest absolute Gasteiger partial charge is 0.0676 e. The second-order valence-electron chi connectivity index (χ2n) is 3.96. The van der Waals surface area contributed by atoms with Crippen LogP contribution in [0.5, 0.6) is 11.5 Å². The van der Waals surface area contributed by atoms with E-state index in [2.05, 4.69) is 0 Å². The normalized spacial score (nSPS) is 10.6. The lowest BCUT2D eigenvalue weighted by Gasteiger charge is -2.16. The Morgan fingerprint density at radius 2 is 1.11 bits per heavy atom. The van der Waals surface area contributed by atoms with E-state index in [4.69, 9.17) is 10.2 Å². The highest BCUT2D eigenvalue weighted by Gasteiger charge is 2.02. The standard InChI is InChI=1S/C14H14O4/c15-7-11-5-9(1-3-13(11)17)10-2-4-14(18)12(6-10)8-16/h1-6,15-18H,7-8H2/p-2. The van der Waals surface area contributed by atoms with Gasteiger partial charge in [-0.1, -0.05) is 24.3 Å². The molecule has 94 valence electrons. The summed E-state index contributed by atoms with van der Waals surface area (Å²) in [6, 6.07) is 9.19. The van der Waals surface area contributed by atoms with Crippen LogP contribution in [0, 0.1) is 0 Å². The molecule has 0 saturated carbocycles. The van der Waals surface area contributed by atoms with Gasteiger partial charge in [-0.2, -0.15) is 0 Å². The molecule has 0 bridgehead atoms. The van der Waals surface area contributed by atoms with Gasteiger partial charge in [0, 0.05) is 0 Å². The van der Waals surface area contributed by atoms with Gasteiger partial charge in [-0.05, 0) is 34.4 Å². The Morgan fingerprint density at radius 1 is 0.722 bits per heavy atom. The number of benzene rings is 2. The Hall–Kier alpha value is -2.04. The van der Waals surface area contributed by atoms with E-state index in [1.807, 2.05) is 0 Å². The van der Waals surface area contributed by atoms with Gasteiger partial charge in [-0.25, -0.2) is 0 Å². The number of aliphatic hydroxyl groups is 2. The summed E-state index contributed by atoms with van der Waals surface area (Å²) in [4.78, 5) is 0. The summed E-state index contributed by atoms with van der Waals surface area (Å²) in [6.45, 7) is -0.641. The first-order chi connectivity index (χ1) is 8.65. The van der Waals surface area contributed by atoms with Crippen LogP contribution in [0.1, 0.15) is 11.1 Å². The average molecular weight is 244 g/mol. The van der Waals surface area contributed by atoms with Crippen molar-refractivity contribution in [3.05, 3.63) is 47.5 Å². The maximum Gasteiger partial charge on any atom is 0.0676 e. The van der Waals surface area contributed by atoms with Gasteiger partial charge < -0.3 is 20.4 Å². The van der Waals surface area contributed by atoms with Gasteiger partial charge in [0.1, 0.15) is 0 Å². The van der Waals surface area contributed by atoms with Crippen molar-refractivity contribution in [3.63, 3.8) is 0 Å². The molecule has 0 unspecified atom stereocenters. The van der Waals surface area contributed by atoms with Gasteiger partial charge in [0.25, 0.3) is 0 Å². The summed E-state index contributed by atoms with van der Waals surface area (Å²) in [6.07, 6.45) is 0. The number of hydrogen-bond acceptors (Lipinski definition) is 4. The highest BCUT2D eigenvalue weighted by Crippen LogP contribution is 2.27. The molecule has 4 nitrogen and oxygen atoms in total. The molecule has 2 N–H and O–H groups in total. The van der Waals surface area contributed by atoms with Crippen molar-refractivity contribution < 1.29 is 20.4 Å². The van der Waals surface area contributed by atoms with Crippen LogP contribution in [-0.2, 0) is 13.2 Å². The van der Waals surface area contributed by atoms with E-state index >= 15 is 0 Å². The van der Waals surface area contributed by atoms with E-state index in [0.717, 1.165) is 11.1 Å². The van der Waals surface area contributed by atoms with Crippen LogP contribution >= 0.6 is 0 Å². The molecular formula is C14H12O4-2. The molecule has 0 atom stereocenters. The third-order valence-electron chi connectivity index (χ3n) is 2.79. The van der Waals surface area contributed by atoms with E-state index in [-0.39, 0.29) is 24.7 Å². The van der Waals surface area contributed by atoms with E-state index in [9.17, 15) is 10.2 Å². The summed E-state index contributed by atoms with van der Waals surface area (Å²) < 4.78 is 0. The van der Waals surface area contributed by atoms with Crippen LogP contribution in [-0.4, -0.2) is 10.2 Å². The molecule has 0 aliphatic carbocycles. The first-order valence-corrected chi connectivity index (χ1v) is 5.47. The lowest BCUT2D eigenvalue weighted by Crippen LogP contribution is -1.99. The summed E-state index contributed by atoms with van der Waals surface area (Å²) >= 11 is 0. The predicted molar refractivity (Wildman–Crippen MR) is 62.6 cm³/mol. The quantitative estimate of drug-likeness (QED) is 0.822. The van der Waals surface area contributed by atoms with Crippen molar-refractivity contribution in [2.75, 3.05) is 0 Å². The van der Waals surface area contributed by atoms with Gasteiger partial charge in [0.05, 0.1) is 13.2 Å². The predicted octanol–water partition coefficient (Wildman–Crippen LogP) is 0.485. The second-order valence-corrected chi connectivity index (χ2v) is 3.96. The lowest BCUT2D eigenvalue weighted by atomic mass is 10.0. The molecule has 2 aromatic rings. The van der Waals surface area contributed by atoms with Crippen molar-refractivity contribution >= 4 is 0 Å². The molecule has 4 heteroatoms. The zero-order chi connectivity index (χ0) is 13.1. The fourth-order valence-electron chi connectivity index (χ4n) is 1.77. The Morgan fingerprint density at radius 3 is 1.44 bits per heavy atom. The zero-order valence-electron chi connectivity index (χ0n) is 9.59. The van der Waals surface area contributed by atoms with Gasteiger partial charge >= 0.3 is 0 Å². The number of aliphatic hydroxyl groups excluding tert-OH is 2. The molecule has 2 aromatic carbocycles. The SMILES string of the molecule is [O-]c1ccc(-c2ccc([O-])c(CO)c2)cc1CO. The van der Waals surface area contributed by atoms with Crippen molar-refractivity contribution in [2.45, 2.75) is 13.2 Å². The molecule has 18 heavy (non-hydrogen) atoms. The van der Waals surface area contributed by atoms with E-state index in [1.165, 1.54) is 12.1 Å². The maximum atomic E-state index is 11.4. The van der Waals surface area contributed by atoms with Gasteiger partial charge in [-0.3, -0.25) is 0 Å². The maximum absolute atomic E-state index is 11.4. The first-order valence-electron chi connectivity index (χ1n) is 5.47. The van der Waals surface area contributed by atoms with Gasteiger partial charge in [-0.15, -0.1) is 11.5 Å². The Labute approximate surface area is 104 Å². The van der Waals surface area contributed by atoms with Crippen LogP contribution in [0.2, 0.25) is 0 Å². The third kappa shape index (κ3) is 2.30. The van der Waals surface area contributed by atoms with E-state index in [0.29, 0.717) is 11.1 Å². The molecule has 0 aliphatic heterocycles. The molecule has 0 radical (unpaired) electrons. The molecule has 0 spiro atoms. The molecule has 0 fully saturated rings. The minimum absolute atomic E-state index is 0.218. The molecule has 0 amide bonds. The fourth-order valence-corrected chi connectivity index (χ4v) is 1.77. The van der Waals surface area contributed by atoms with Crippen molar-refractivity contribution in [1.29, 1.82) is 0 Å². The van der Waals surface area contributed by atoms with Crippen LogP contribution in [0.25, 0.3) is 11.1 Å². The van der Waals surface area contributed by atoms with E-state index in [1.54, 1.807) is 24.3 Å². The lowest BCUT2D eigenvalue weighted by molar-refractivity contribution is -0.270. The topological polar surface area (TPSA) is 86.6 Å². The van der Waals surface area contributed by atoms with Crippen molar-refractivity contribution in [3.8, 4) is 22.6 Å². The summed E-state index contributed by atoms with van der Waals surface area (Å²) in [5, 5.41) is 40.8. The fraction of sp³-hybridized carbons (Fsp3) is 0.143. The van der Waals surface area contributed by atoms with Gasteiger partial charge in [0.15, 0.2) is 0 Å². The monoisotopic (exact) mass is 244 g/mol.